The molecule has 1 amide bonds. The second kappa shape index (κ2) is 6.17. The van der Waals surface area contributed by atoms with Gasteiger partial charge in [-0.3, -0.25) is 4.68 Å². The maximum atomic E-state index is 11.4. The quantitative estimate of drug-likeness (QED) is 0.800. The number of fused-ring (bicyclic) bond motifs is 2. The van der Waals surface area contributed by atoms with E-state index in [1.165, 1.54) is 6.20 Å². The van der Waals surface area contributed by atoms with Gasteiger partial charge in [0.1, 0.15) is 4.60 Å². The van der Waals surface area contributed by atoms with E-state index < -0.39 is 6.09 Å². The zero-order chi connectivity index (χ0) is 17.6. The Kier molecular flexibility index (Phi) is 3.98. The minimum absolute atomic E-state index is 0.0707. The molecule has 2 fully saturated rings. The Morgan fingerprint density at radius 2 is 2.00 bits per heavy atom. The van der Waals surface area contributed by atoms with Crippen molar-refractivity contribution in [2.45, 2.75) is 43.8 Å². The average Bonchev–Trinajstić information content (AvgIpc) is 3.14. The Morgan fingerprint density at radius 3 is 2.68 bits per heavy atom. The van der Waals surface area contributed by atoms with E-state index in [1.807, 2.05) is 4.68 Å². The normalized spacial score (nSPS) is 25.2. The van der Waals surface area contributed by atoms with Crippen molar-refractivity contribution in [3.05, 3.63) is 23.2 Å². The number of anilines is 1. The largest absolute Gasteiger partial charge is 0.465 e. The topological polar surface area (TPSA) is 119 Å². The van der Waals surface area contributed by atoms with Crippen LogP contribution in [-0.2, 0) is 0 Å². The molecule has 2 saturated heterocycles. The number of ether oxygens (including phenoxy) is 1. The van der Waals surface area contributed by atoms with Gasteiger partial charge in [-0.1, -0.05) is 0 Å². The van der Waals surface area contributed by atoms with Crippen molar-refractivity contribution in [1.29, 1.82) is 0 Å². The number of aromatic nitrogens is 4. The third-order valence-corrected chi connectivity index (χ3v) is 5.22. The third-order valence-electron chi connectivity index (χ3n) is 4.83. The van der Waals surface area contributed by atoms with Crippen molar-refractivity contribution in [2.24, 2.45) is 0 Å². The second-order valence-corrected chi connectivity index (χ2v) is 7.15. The number of hydrogen-bond donors (Lipinski definition) is 2. The first-order valence-corrected chi connectivity index (χ1v) is 8.82. The van der Waals surface area contributed by atoms with Crippen molar-refractivity contribution in [3.8, 4) is 11.6 Å². The lowest BCUT2D eigenvalue weighted by atomic mass is 9.98. The highest BCUT2D eigenvalue weighted by Gasteiger charge is 2.44. The molecule has 0 spiro atoms. The molecule has 0 aromatic carbocycles. The molecule has 3 N–H and O–H groups in total. The zero-order valence-corrected chi connectivity index (χ0v) is 14.8. The van der Waals surface area contributed by atoms with Gasteiger partial charge >= 0.3 is 6.09 Å². The smallest absolute Gasteiger partial charge is 0.407 e. The molecule has 1 unspecified atom stereocenters. The number of halogens is 1. The van der Waals surface area contributed by atoms with Gasteiger partial charge in [-0.2, -0.15) is 5.10 Å². The lowest BCUT2D eigenvalue weighted by molar-refractivity contribution is 0.0845. The van der Waals surface area contributed by atoms with Gasteiger partial charge in [-0.15, -0.1) is 0 Å². The maximum absolute atomic E-state index is 11.4. The van der Waals surface area contributed by atoms with Crippen molar-refractivity contribution in [2.75, 3.05) is 5.73 Å². The SMILES string of the molecule is Nc1ncc(Br)nc1Oc1cnn(C2C[C@H]3CC[C@@H](C2)N3C(=O)O)c1. The standard InChI is InChI=1S/C15H17BrN6O3/c16-12-6-18-13(17)14(20-12)25-11-5-19-21(7-11)10-3-8-1-2-9(4-10)22(8)15(23)24/h5-10H,1-4H2,(H2,17,18)(H,23,24)/t8-,9+,10?. The highest BCUT2D eigenvalue weighted by molar-refractivity contribution is 9.10. The van der Waals surface area contributed by atoms with Gasteiger partial charge in [0.05, 0.1) is 24.6 Å². The zero-order valence-electron chi connectivity index (χ0n) is 13.2. The first-order valence-electron chi connectivity index (χ1n) is 8.02. The van der Waals surface area contributed by atoms with E-state index in [9.17, 15) is 9.90 Å². The van der Waals surface area contributed by atoms with E-state index in [1.54, 1.807) is 17.3 Å². The summed E-state index contributed by atoms with van der Waals surface area (Å²) >= 11 is 3.23. The fourth-order valence-electron chi connectivity index (χ4n) is 3.80. The van der Waals surface area contributed by atoms with Crippen molar-refractivity contribution in [1.82, 2.24) is 24.6 Å². The number of nitrogens with zero attached hydrogens (tertiary/aromatic N) is 5. The summed E-state index contributed by atoms with van der Waals surface area (Å²) in [6, 6.07) is 0.305. The Hall–Kier alpha value is -2.36. The Balaban J connectivity index is 1.49. The molecule has 9 nitrogen and oxygen atoms in total. The predicted octanol–water partition coefficient (Wildman–Crippen LogP) is 2.66. The van der Waals surface area contributed by atoms with Crippen LogP contribution >= 0.6 is 15.9 Å². The molecular weight excluding hydrogens is 392 g/mol. The summed E-state index contributed by atoms with van der Waals surface area (Å²) in [4.78, 5) is 21.1. The van der Waals surface area contributed by atoms with Crippen LogP contribution in [0.1, 0.15) is 31.7 Å². The summed E-state index contributed by atoms with van der Waals surface area (Å²) in [5.41, 5.74) is 5.77. The molecule has 2 aliphatic rings. The summed E-state index contributed by atoms with van der Waals surface area (Å²) in [5.74, 6) is 0.936. The molecule has 10 heteroatoms. The lowest BCUT2D eigenvalue weighted by Gasteiger charge is -2.37. The fraction of sp³-hybridized carbons (Fsp3) is 0.467. The van der Waals surface area contributed by atoms with Gasteiger partial charge in [-0.25, -0.2) is 14.8 Å². The van der Waals surface area contributed by atoms with E-state index in [-0.39, 0.29) is 29.8 Å². The maximum Gasteiger partial charge on any atom is 0.407 e. The average molecular weight is 409 g/mol. The number of nitrogens with two attached hydrogens (primary N) is 1. The third kappa shape index (κ3) is 3.01. The minimum atomic E-state index is -0.820. The van der Waals surface area contributed by atoms with Crippen molar-refractivity contribution in [3.63, 3.8) is 0 Å². The molecule has 3 atom stereocenters. The first-order chi connectivity index (χ1) is 12.0. The predicted molar refractivity (Wildman–Crippen MR) is 91.4 cm³/mol. The second-order valence-electron chi connectivity index (χ2n) is 6.34. The van der Waals surface area contributed by atoms with E-state index in [4.69, 9.17) is 10.5 Å². The van der Waals surface area contributed by atoms with Crippen LogP contribution in [0, 0.1) is 0 Å². The monoisotopic (exact) mass is 408 g/mol. The van der Waals surface area contributed by atoms with Gasteiger partial charge in [-0.05, 0) is 41.6 Å². The molecule has 0 aliphatic carbocycles. The summed E-state index contributed by atoms with van der Waals surface area (Å²) in [7, 11) is 0. The number of rotatable bonds is 3. The van der Waals surface area contributed by atoms with Crippen LogP contribution < -0.4 is 10.5 Å². The van der Waals surface area contributed by atoms with Crippen LogP contribution in [-0.4, -0.2) is 47.9 Å². The van der Waals surface area contributed by atoms with Gasteiger partial charge in [0.25, 0.3) is 5.88 Å². The molecule has 25 heavy (non-hydrogen) atoms. The van der Waals surface area contributed by atoms with Gasteiger partial charge in [0.2, 0.25) is 0 Å². The summed E-state index contributed by atoms with van der Waals surface area (Å²) < 4.78 is 8.05. The lowest BCUT2D eigenvalue weighted by Crippen LogP contribution is -2.46. The molecular formula is C15H17BrN6O3. The van der Waals surface area contributed by atoms with E-state index in [2.05, 4.69) is 31.0 Å². The number of carbonyl (C=O) groups is 1. The highest BCUT2D eigenvalue weighted by Crippen LogP contribution is 2.41. The molecule has 0 saturated carbocycles. The van der Waals surface area contributed by atoms with Gasteiger partial charge in [0.15, 0.2) is 11.6 Å². The number of nitrogen functional groups attached to an aromatic ring is 1. The molecule has 2 aromatic heterocycles. The van der Waals surface area contributed by atoms with E-state index in [0.717, 1.165) is 25.7 Å². The van der Waals surface area contributed by atoms with Crippen LogP contribution in [0.25, 0.3) is 0 Å². The Bertz CT molecular complexity index is 798. The highest BCUT2D eigenvalue weighted by atomic mass is 79.9. The fourth-order valence-corrected chi connectivity index (χ4v) is 4.06. The molecule has 4 rings (SSSR count). The van der Waals surface area contributed by atoms with E-state index in [0.29, 0.717) is 10.4 Å². The van der Waals surface area contributed by atoms with Crippen LogP contribution in [0.5, 0.6) is 11.6 Å². The van der Waals surface area contributed by atoms with Crippen molar-refractivity contribution >= 4 is 27.8 Å². The molecule has 4 heterocycles. The molecule has 0 radical (unpaired) electrons. The van der Waals surface area contributed by atoms with Crippen LogP contribution in [0.2, 0.25) is 0 Å². The Labute approximate surface area is 151 Å². The minimum Gasteiger partial charge on any atom is -0.465 e. The van der Waals surface area contributed by atoms with Gasteiger partial charge < -0.3 is 20.5 Å². The molecule has 132 valence electrons. The van der Waals surface area contributed by atoms with Crippen LogP contribution in [0.3, 0.4) is 0 Å². The number of hydrogen-bond acceptors (Lipinski definition) is 6. The molecule has 2 aromatic rings. The van der Waals surface area contributed by atoms with Crippen LogP contribution in [0.15, 0.2) is 23.2 Å². The molecule has 2 bridgehead atoms. The van der Waals surface area contributed by atoms with Gasteiger partial charge in [0, 0.05) is 12.1 Å². The molecule has 2 aliphatic heterocycles. The first kappa shape index (κ1) is 16.1. The Morgan fingerprint density at radius 1 is 1.28 bits per heavy atom. The van der Waals surface area contributed by atoms with Crippen molar-refractivity contribution < 1.29 is 14.6 Å². The van der Waals surface area contributed by atoms with E-state index >= 15 is 0 Å². The summed E-state index contributed by atoms with van der Waals surface area (Å²) in [6.07, 6.45) is 7.45. The van der Waals surface area contributed by atoms with Crippen LogP contribution in [0.4, 0.5) is 10.6 Å². The number of amides is 1. The summed E-state index contributed by atoms with van der Waals surface area (Å²) in [6.45, 7) is 0. The number of piperidine rings is 1. The number of carboxylic acid groups (broad SMARTS) is 1. The summed E-state index contributed by atoms with van der Waals surface area (Å²) in [5, 5.41) is 13.7.